The second-order valence-electron chi connectivity index (χ2n) is 5.20. The van der Waals surface area contributed by atoms with Crippen molar-refractivity contribution in [1.29, 1.82) is 0 Å². The minimum absolute atomic E-state index is 0.160. The molecule has 1 unspecified atom stereocenters. The smallest absolute Gasteiger partial charge is 0.237 e. The first-order valence-electron chi connectivity index (χ1n) is 7.60. The third kappa shape index (κ3) is 5.99. The summed E-state index contributed by atoms with van der Waals surface area (Å²) in [5.41, 5.74) is 1.27. The summed E-state index contributed by atoms with van der Waals surface area (Å²) in [6, 6.07) is 14.0. The molecule has 5 nitrogen and oxygen atoms in total. The molecule has 0 heterocycles. The number of carbonyl (C=O) groups is 2. The molecule has 0 spiro atoms. The number of hydrogen-bond acceptors (Lipinski definition) is 4. The molecule has 1 atom stereocenters. The fourth-order valence-electron chi connectivity index (χ4n) is 1.99. The summed E-state index contributed by atoms with van der Waals surface area (Å²) < 4.78 is 5.19. The van der Waals surface area contributed by atoms with Gasteiger partial charge in [0.2, 0.25) is 11.8 Å². The van der Waals surface area contributed by atoms with Gasteiger partial charge in [0, 0.05) is 10.7 Å². The number of para-hydroxylation sites is 2. The molecule has 2 aromatic carbocycles. The minimum Gasteiger partial charge on any atom is -0.495 e. The maximum atomic E-state index is 12.2. The molecule has 0 aliphatic rings. The van der Waals surface area contributed by atoms with Crippen molar-refractivity contribution < 1.29 is 14.3 Å². The molecular weight excluding hydrogens is 360 g/mol. The van der Waals surface area contributed by atoms with E-state index in [1.54, 1.807) is 50.4 Å². The van der Waals surface area contributed by atoms with Crippen LogP contribution in [0.1, 0.15) is 6.92 Å². The Bertz CT molecular complexity index is 737. The number of nitrogens with one attached hydrogen (secondary N) is 2. The van der Waals surface area contributed by atoms with Crippen molar-refractivity contribution in [3.8, 4) is 5.75 Å². The van der Waals surface area contributed by atoms with Gasteiger partial charge in [0.25, 0.3) is 0 Å². The van der Waals surface area contributed by atoms with E-state index in [0.717, 1.165) is 0 Å². The topological polar surface area (TPSA) is 67.4 Å². The highest BCUT2D eigenvalue weighted by Crippen LogP contribution is 2.23. The van der Waals surface area contributed by atoms with Crippen molar-refractivity contribution in [1.82, 2.24) is 0 Å². The molecule has 2 N–H and O–H groups in total. The Morgan fingerprint density at radius 3 is 2.48 bits per heavy atom. The first-order valence-corrected chi connectivity index (χ1v) is 9.03. The second kappa shape index (κ2) is 9.34. The molecule has 0 saturated carbocycles. The van der Waals surface area contributed by atoms with Gasteiger partial charge in [0.1, 0.15) is 5.75 Å². The van der Waals surface area contributed by atoms with Crippen molar-refractivity contribution >= 4 is 46.6 Å². The zero-order valence-corrected chi connectivity index (χ0v) is 15.5. The number of benzene rings is 2. The lowest BCUT2D eigenvalue weighted by Gasteiger charge is -2.13. The van der Waals surface area contributed by atoms with E-state index in [4.69, 9.17) is 16.3 Å². The van der Waals surface area contributed by atoms with Gasteiger partial charge >= 0.3 is 0 Å². The van der Waals surface area contributed by atoms with E-state index in [1.807, 2.05) is 12.1 Å². The van der Waals surface area contributed by atoms with Gasteiger partial charge in [-0.3, -0.25) is 9.59 Å². The Kier molecular flexibility index (Phi) is 7.16. The third-order valence-electron chi connectivity index (χ3n) is 3.33. The number of carbonyl (C=O) groups excluding carboxylic acids is 2. The average molecular weight is 379 g/mol. The molecule has 0 bridgehead atoms. The van der Waals surface area contributed by atoms with Crippen LogP contribution < -0.4 is 15.4 Å². The summed E-state index contributed by atoms with van der Waals surface area (Å²) in [7, 11) is 1.54. The van der Waals surface area contributed by atoms with E-state index in [0.29, 0.717) is 22.1 Å². The SMILES string of the molecule is COc1ccccc1NC(=O)CSC(C)C(=O)Nc1ccc(Cl)cc1. The lowest BCUT2D eigenvalue weighted by atomic mass is 10.3. The quantitative estimate of drug-likeness (QED) is 0.762. The summed E-state index contributed by atoms with van der Waals surface area (Å²) >= 11 is 7.07. The van der Waals surface area contributed by atoms with Crippen LogP contribution in [-0.4, -0.2) is 29.9 Å². The van der Waals surface area contributed by atoms with Gasteiger partial charge in [0.05, 0.1) is 23.8 Å². The van der Waals surface area contributed by atoms with Crippen LogP contribution >= 0.6 is 23.4 Å². The molecular formula is C18H19ClN2O3S. The van der Waals surface area contributed by atoms with Crippen LogP contribution in [0.15, 0.2) is 48.5 Å². The van der Waals surface area contributed by atoms with Gasteiger partial charge in [0.15, 0.2) is 0 Å². The molecule has 132 valence electrons. The summed E-state index contributed by atoms with van der Waals surface area (Å²) in [4.78, 5) is 24.2. The molecule has 2 aromatic rings. The van der Waals surface area contributed by atoms with Crippen LogP contribution in [0.5, 0.6) is 5.75 Å². The maximum Gasteiger partial charge on any atom is 0.237 e. The fraction of sp³-hybridized carbons (Fsp3) is 0.222. The zero-order chi connectivity index (χ0) is 18.2. The van der Waals surface area contributed by atoms with Gasteiger partial charge < -0.3 is 15.4 Å². The molecule has 0 radical (unpaired) electrons. The second-order valence-corrected chi connectivity index (χ2v) is 6.96. The molecule has 0 aliphatic carbocycles. The Hall–Kier alpha value is -2.18. The van der Waals surface area contributed by atoms with Crippen molar-refractivity contribution in [2.24, 2.45) is 0 Å². The first-order chi connectivity index (χ1) is 12.0. The Morgan fingerprint density at radius 2 is 1.80 bits per heavy atom. The largest absolute Gasteiger partial charge is 0.495 e. The highest BCUT2D eigenvalue weighted by molar-refractivity contribution is 8.01. The lowest BCUT2D eigenvalue weighted by Crippen LogP contribution is -2.25. The number of methoxy groups -OCH3 is 1. The molecule has 0 aromatic heterocycles. The number of thioether (sulfide) groups is 1. The van der Waals surface area contributed by atoms with E-state index in [-0.39, 0.29) is 22.8 Å². The van der Waals surface area contributed by atoms with E-state index < -0.39 is 0 Å². The fourth-order valence-corrected chi connectivity index (χ4v) is 2.80. The van der Waals surface area contributed by atoms with E-state index in [1.165, 1.54) is 11.8 Å². The predicted octanol–water partition coefficient (Wildman–Crippen LogP) is 4.05. The Labute approximate surface area is 156 Å². The van der Waals surface area contributed by atoms with Crippen LogP contribution in [0, 0.1) is 0 Å². The summed E-state index contributed by atoms with van der Waals surface area (Å²) in [5.74, 6) is 0.389. The van der Waals surface area contributed by atoms with Crippen LogP contribution in [-0.2, 0) is 9.59 Å². The van der Waals surface area contributed by atoms with Crippen molar-refractivity contribution in [2.75, 3.05) is 23.5 Å². The molecule has 2 amide bonds. The first kappa shape index (κ1) is 19.1. The number of anilines is 2. The average Bonchev–Trinajstić information content (AvgIpc) is 2.62. The predicted molar refractivity (Wildman–Crippen MR) is 104 cm³/mol. The number of amides is 2. The van der Waals surface area contributed by atoms with Crippen LogP contribution in [0.4, 0.5) is 11.4 Å². The number of hydrogen-bond donors (Lipinski definition) is 2. The summed E-state index contributed by atoms with van der Waals surface area (Å²) in [5, 5.41) is 5.80. The van der Waals surface area contributed by atoms with Crippen molar-refractivity contribution in [3.63, 3.8) is 0 Å². The highest BCUT2D eigenvalue weighted by Gasteiger charge is 2.16. The number of ether oxygens (including phenoxy) is 1. The van der Waals surface area contributed by atoms with E-state index in [2.05, 4.69) is 10.6 Å². The number of rotatable bonds is 7. The normalized spacial score (nSPS) is 11.5. The van der Waals surface area contributed by atoms with Crippen LogP contribution in [0.2, 0.25) is 5.02 Å². The standard InChI is InChI=1S/C18H19ClN2O3S/c1-12(18(23)20-14-9-7-13(19)8-10-14)25-11-17(22)21-15-5-3-4-6-16(15)24-2/h3-10,12H,11H2,1-2H3,(H,20,23)(H,21,22). The molecule has 0 saturated heterocycles. The Morgan fingerprint density at radius 1 is 1.12 bits per heavy atom. The monoisotopic (exact) mass is 378 g/mol. The van der Waals surface area contributed by atoms with E-state index >= 15 is 0 Å². The van der Waals surface area contributed by atoms with Gasteiger partial charge in [-0.15, -0.1) is 11.8 Å². The minimum atomic E-state index is -0.376. The highest BCUT2D eigenvalue weighted by atomic mass is 35.5. The van der Waals surface area contributed by atoms with Crippen LogP contribution in [0.25, 0.3) is 0 Å². The van der Waals surface area contributed by atoms with Crippen LogP contribution in [0.3, 0.4) is 0 Å². The summed E-state index contributed by atoms with van der Waals surface area (Å²) in [6.45, 7) is 1.76. The van der Waals surface area contributed by atoms with Crippen molar-refractivity contribution in [3.05, 3.63) is 53.6 Å². The zero-order valence-electron chi connectivity index (χ0n) is 13.9. The third-order valence-corrected chi connectivity index (χ3v) is 4.72. The van der Waals surface area contributed by atoms with Gasteiger partial charge in [-0.2, -0.15) is 0 Å². The molecule has 2 rings (SSSR count). The molecule has 0 aliphatic heterocycles. The molecule has 7 heteroatoms. The summed E-state index contributed by atoms with van der Waals surface area (Å²) in [6.07, 6.45) is 0. The number of halogens is 1. The van der Waals surface area contributed by atoms with Gasteiger partial charge in [-0.1, -0.05) is 23.7 Å². The lowest BCUT2D eigenvalue weighted by molar-refractivity contribution is -0.115. The van der Waals surface area contributed by atoms with Crippen molar-refractivity contribution in [2.45, 2.75) is 12.2 Å². The maximum absolute atomic E-state index is 12.2. The van der Waals surface area contributed by atoms with E-state index in [9.17, 15) is 9.59 Å². The van der Waals surface area contributed by atoms with Gasteiger partial charge in [-0.25, -0.2) is 0 Å². The molecule has 25 heavy (non-hydrogen) atoms. The molecule has 0 fully saturated rings. The van der Waals surface area contributed by atoms with Gasteiger partial charge in [-0.05, 0) is 43.3 Å². The Balaban J connectivity index is 1.82.